The molecule has 1 aromatic heterocycles. The number of nitrogens with zero attached hydrogens (tertiary/aromatic N) is 4. The molecule has 1 fully saturated rings. The van der Waals surface area contributed by atoms with Crippen molar-refractivity contribution in [1.82, 2.24) is 25.4 Å². The first-order chi connectivity index (χ1) is 15.5. The van der Waals surface area contributed by atoms with Crippen LogP contribution in [-0.2, 0) is 11.2 Å². The van der Waals surface area contributed by atoms with Gasteiger partial charge in [-0.05, 0) is 43.5 Å². The molecule has 0 bridgehead atoms. The van der Waals surface area contributed by atoms with Gasteiger partial charge in [0.1, 0.15) is 11.7 Å². The van der Waals surface area contributed by atoms with Crippen molar-refractivity contribution in [1.29, 1.82) is 0 Å². The van der Waals surface area contributed by atoms with E-state index in [1.807, 2.05) is 23.1 Å². The summed E-state index contributed by atoms with van der Waals surface area (Å²) in [6.07, 6.45) is 4.07. The van der Waals surface area contributed by atoms with Gasteiger partial charge in [-0.15, -0.1) is 5.10 Å². The summed E-state index contributed by atoms with van der Waals surface area (Å²) in [4.78, 5) is 25.3. The fourth-order valence-electron chi connectivity index (χ4n) is 4.15. The van der Waals surface area contributed by atoms with E-state index in [9.17, 15) is 14.7 Å². The van der Waals surface area contributed by atoms with Crippen LogP contribution in [0.25, 0.3) is 11.3 Å². The minimum atomic E-state index is -0.815. The number of nitrogens with one attached hydrogen (secondary N) is 1. The molecule has 4 rings (SSSR count). The van der Waals surface area contributed by atoms with Gasteiger partial charge in [0, 0.05) is 17.7 Å². The molecule has 9 nitrogen and oxygen atoms in total. The molecule has 0 radical (unpaired) electrons. The fourth-order valence-corrected chi connectivity index (χ4v) is 4.15. The third-order valence-corrected chi connectivity index (χ3v) is 5.85. The molecule has 3 aromatic rings. The smallest absolute Gasteiger partial charge is 0.321 e. The summed E-state index contributed by atoms with van der Waals surface area (Å²) in [5.41, 5.74) is 4.59. The first-order valence-electron chi connectivity index (χ1n) is 10.5. The van der Waals surface area contributed by atoms with Crippen molar-refractivity contribution in [3.63, 3.8) is 0 Å². The third kappa shape index (κ3) is 4.84. The number of aryl methyl sites for hydroxylation is 1. The van der Waals surface area contributed by atoms with Crippen LogP contribution >= 0.6 is 0 Å². The van der Waals surface area contributed by atoms with E-state index >= 15 is 0 Å². The van der Waals surface area contributed by atoms with Crippen molar-refractivity contribution in [2.45, 2.75) is 31.3 Å². The number of amides is 1. The van der Waals surface area contributed by atoms with Gasteiger partial charge in [-0.25, -0.2) is 10.2 Å². The number of carboxylic acids is 1. The van der Waals surface area contributed by atoms with E-state index < -0.39 is 17.9 Å². The molecule has 32 heavy (non-hydrogen) atoms. The fraction of sp³-hybridized carbons (Fsp3) is 0.304. The molecule has 2 heterocycles. The van der Waals surface area contributed by atoms with Crippen molar-refractivity contribution >= 4 is 11.9 Å². The van der Waals surface area contributed by atoms with Gasteiger partial charge in [0.05, 0.1) is 12.2 Å². The Kier molecular flexibility index (Phi) is 6.58. The number of aromatic nitrogens is 3. The number of hydrogen-bond donors (Lipinski definition) is 3. The van der Waals surface area contributed by atoms with Gasteiger partial charge in [-0.2, -0.15) is 0 Å². The van der Waals surface area contributed by atoms with Crippen LogP contribution in [0.4, 0.5) is 0 Å². The average Bonchev–Trinajstić information content (AvgIpc) is 3.47. The molecule has 166 valence electrons. The lowest BCUT2D eigenvalue weighted by molar-refractivity contribution is -0.142. The molecule has 1 aliphatic heterocycles. The van der Waals surface area contributed by atoms with Crippen molar-refractivity contribution < 1.29 is 19.9 Å². The van der Waals surface area contributed by atoms with Crippen molar-refractivity contribution in [2.24, 2.45) is 0 Å². The third-order valence-electron chi connectivity index (χ3n) is 5.85. The van der Waals surface area contributed by atoms with Crippen LogP contribution in [0.5, 0.6) is 0 Å². The van der Waals surface area contributed by atoms with Gasteiger partial charge in [-0.3, -0.25) is 19.7 Å². The number of carbonyl (C=O) groups is 2. The molecular formula is C23H25N5O4. The molecule has 1 aliphatic rings. The highest BCUT2D eigenvalue weighted by molar-refractivity contribution is 5.93. The monoisotopic (exact) mass is 435 g/mol. The lowest BCUT2D eigenvalue weighted by atomic mass is 10.1. The van der Waals surface area contributed by atoms with E-state index in [4.69, 9.17) is 5.21 Å². The molecule has 0 unspecified atom stereocenters. The van der Waals surface area contributed by atoms with E-state index in [-0.39, 0.29) is 6.04 Å². The molecule has 0 aliphatic carbocycles. The number of carbonyl (C=O) groups excluding carboxylic acids is 1. The zero-order valence-corrected chi connectivity index (χ0v) is 17.5. The van der Waals surface area contributed by atoms with Crippen LogP contribution in [-0.4, -0.2) is 61.2 Å². The first kappa shape index (κ1) is 21.7. The van der Waals surface area contributed by atoms with Gasteiger partial charge in [-0.1, -0.05) is 47.7 Å². The van der Waals surface area contributed by atoms with Gasteiger partial charge >= 0.3 is 5.97 Å². The predicted molar refractivity (Wildman–Crippen MR) is 116 cm³/mol. The van der Waals surface area contributed by atoms with E-state index in [2.05, 4.69) is 22.4 Å². The first-order valence-corrected chi connectivity index (χ1v) is 10.5. The normalized spacial score (nSPS) is 18.5. The lowest BCUT2D eigenvalue weighted by Crippen LogP contribution is -2.36. The summed E-state index contributed by atoms with van der Waals surface area (Å²) in [6, 6.07) is 16.2. The SMILES string of the molecule is O=C(NO)c1ccc(-c2cn([C@@H]3C[C@@H](C(=O)O)N(CCCc4ccccc4)C3)nn2)cc1. The Morgan fingerprint density at radius 1 is 1.09 bits per heavy atom. The van der Waals surface area contributed by atoms with Gasteiger partial charge < -0.3 is 5.11 Å². The molecule has 9 heteroatoms. The van der Waals surface area contributed by atoms with Crippen LogP contribution in [0.2, 0.25) is 0 Å². The Morgan fingerprint density at radius 2 is 1.84 bits per heavy atom. The van der Waals surface area contributed by atoms with Crippen LogP contribution < -0.4 is 5.48 Å². The maximum atomic E-state index is 11.8. The highest BCUT2D eigenvalue weighted by atomic mass is 16.5. The molecule has 2 aromatic carbocycles. The molecule has 0 saturated carbocycles. The number of carboxylic acid groups (broad SMARTS) is 1. The number of aliphatic carboxylic acids is 1. The van der Waals surface area contributed by atoms with Crippen molar-refractivity contribution in [2.75, 3.05) is 13.1 Å². The zero-order chi connectivity index (χ0) is 22.5. The van der Waals surface area contributed by atoms with Crippen molar-refractivity contribution in [3.8, 4) is 11.3 Å². The van der Waals surface area contributed by atoms with E-state index in [1.165, 1.54) is 5.56 Å². The van der Waals surface area contributed by atoms with Gasteiger partial charge in [0.2, 0.25) is 0 Å². The summed E-state index contributed by atoms with van der Waals surface area (Å²) in [5, 5.41) is 26.9. The minimum Gasteiger partial charge on any atom is -0.480 e. The maximum absolute atomic E-state index is 11.8. The number of benzene rings is 2. The quantitative estimate of drug-likeness (QED) is 0.367. The highest BCUT2D eigenvalue weighted by Gasteiger charge is 2.37. The average molecular weight is 435 g/mol. The minimum absolute atomic E-state index is 0.0754. The summed E-state index contributed by atoms with van der Waals surface area (Å²) in [6.45, 7) is 1.31. The highest BCUT2D eigenvalue weighted by Crippen LogP contribution is 2.29. The van der Waals surface area contributed by atoms with Crippen molar-refractivity contribution in [3.05, 3.63) is 71.9 Å². The molecule has 1 saturated heterocycles. The number of rotatable bonds is 8. The Balaban J connectivity index is 1.41. The van der Waals surface area contributed by atoms with E-state index in [0.29, 0.717) is 30.8 Å². The summed E-state index contributed by atoms with van der Waals surface area (Å²) >= 11 is 0. The summed E-state index contributed by atoms with van der Waals surface area (Å²) in [5.74, 6) is -1.40. The second-order valence-electron chi connectivity index (χ2n) is 7.93. The van der Waals surface area contributed by atoms with Gasteiger partial charge in [0.25, 0.3) is 5.91 Å². The van der Waals surface area contributed by atoms with Crippen LogP contribution in [0, 0.1) is 0 Å². The Morgan fingerprint density at radius 3 is 2.53 bits per heavy atom. The van der Waals surface area contributed by atoms with Crippen LogP contribution in [0.3, 0.4) is 0 Å². The lowest BCUT2D eigenvalue weighted by Gasteiger charge is -2.20. The predicted octanol–water partition coefficient (Wildman–Crippen LogP) is 2.40. The molecule has 0 spiro atoms. The zero-order valence-electron chi connectivity index (χ0n) is 17.5. The van der Waals surface area contributed by atoms with Crippen LogP contribution in [0.15, 0.2) is 60.8 Å². The Labute approximate surface area is 185 Å². The Bertz CT molecular complexity index is 1070. The van der Waals surface area contributed by atoms with E-state index in [1.54, 1.807) is 40.6 Å². The Hall–Kier alpha value is -3.56. The molecular weight excluding hydrogens is 410 g/mol. The molecule has 3 N–H and O–H groups in total. The number of hydroxylamine groups is 1. The second kappa shape index (κ2) is 9.71. The molecule has 1 amide bonds. The topological polar surface area (TPSA) is 121 Å². The summed E-state index contributed by atoms with van der Waals surface area (Å²) < 4.78 is 1.73. The number of likely N-dealkylation sites (tertiary alicyclic amines) is 1. The van der Waals surface area contributed by atoms with Crippen LogP contribution in [0.1, 0.15) is 34.8 Å². The number of hydrogen-bond acceptors (Lipinski definition) is 6. The second-order valence-corrected chi connectivity index (χ2v) is 7.93. The van der Waals surface area contributed by atoms with E-state index in [0.717, 1.165) is 18.4 Å². The maximum Gasteiger partial charge on any atom is 0.321 e. The molecule has 2 atom stereocenters. The standard InChI is InChI=1S/C23H25N5O4/c29-22(25-32)18-10-8-17(9-11-18)20-15-28(26-24-20)19-13-21(23(30)31)27(14-19)12-4-7-16-5-2-1-3-6-16/h1-3,5-6,8-11,15,19,21,32H,4,7,12-14H2,(H,25,29)(H,30,31)/t19-,21+/m1/s1. The largest absolute Gasteiger partial charge is 0.480 e. The van der Waals surface area contributed by atoms with Gasteiger partial charge in [0.15, 0.2) is 0 Å². The summed E-state index contributed by atoms with van der Waals surface area (Å²) in [7, 11) is 0.